The van der Waals surface area contributed by atoms with Crippen LogP contribution in [0.15, 0.2) is 16.6 Å². The molecule has 1 saturated carbocycles. The zero-order valence-electron chi connectivity index (χ0n) is 20.4. The summed E-state index contributed by atoms with van der Waals surface area (Å²) in [5.41, 5.74) is 1.00. The Morgan fingerprint density at radius 3 is 2.56 bits per heavy atom. The molecule has 0 aromatic rings. The number of piperidine rings is 1. The summed E-state index contributed by atoms with van der Waals surface area (Å²) >= 11 is 0. The molecule has 0 spiro atoms. The molecule has 7 nitrogen and oxygen atoms in total. The average Bonchev–Trinajstić information content (AvgIpc) is 3.55. The van der Waals surface area contributed by atoms with E-state index in [2.05, 4.69) is 23.2 Å². The minimum Gasteiger partial charge on any atom is -0.444 e. The molecule has 0 aromatic carbocycles. The smallest absolute Gasteiger partial charge is 0.410 e. The van der Waals surface area contributed by atoms with Crippen LogP contribution in [0.25, 0.3) is 0 Å². The first kappa shape index (κ1) is 27.2. The summed E-state index contributed by atoms with van der Waals surface area (Å²) in [6, 6.07) is 0.252. The Morgan fingerprint density at radius 1 is 1.28 bits per heavy atom. The van der Waals surface area contributed by atoms with Gasteiger partial charge in [0, 0.05) is 38.8 Å². The number of carbonyl (C=O) groups is 1. The topological polar surface area (TPSA) is 66.4 Å². The summed E-state index contributed by atoms with van der Waals surface area (Å²) in [7, 11) is 0. The molecule has 0 atom stereocenters. The summed E-state index contributed by atoms with van der Waals surface area (Å²) in [4.78, 5) is 22.1. The monoisotopic (exact) mass is 562 g/mol. The van der Waals surface area contributed by atoms with E-state index in [9.17, 15) is 4.79 Å². The van der Waals surface area contributed by atoms with Crippen LogP contribution >= 0.6 is 24.0 Å². The number of nitrogens with zero attached hydrogens (tertiary/aromatic N) is 3. The molecule has 0 radical (unpaired) electrons. The van der Waals surface area contributed by atoms with E-state index < -0.39 is 5.60 Å². The van der Waals surface area contributed by atoms with Gasteiger partial charge in [-0.15, -0.1) is 24.0 Å². The molecule has 184 valence electrons. The molecular weight excluding hydrogens is 519 g/mol. The molecule has 2 fully saturated rings. The lowest BCUT2D eigenvalue weighted by Crippen LogP contribution is -2.52. The predicted molar refractivity (Wildman–Crippen MR) is 140 cm³/mol. The third kappa shape index (κ3) is 9.08. The van der Waals surface area contributed by atoms with E-state index in [1.165, 1.54) is 18.4 Å². The molecule has 3 aliphatic rings. The van der Waals surface area contributed by atoms with Crippen molar-refractivity contribution in [3.05, 3.63) is 11.6 Å². The fourth-order valence-corrected chi connectivity index (χ4v) is 4.18. The fourth-order valence-electron chi connectivity index (χ4n) is 4.18. The van der Waals surface area contributed by atoms with Gasteiger partial charge in [-0.2, -0.15) is 0 Å². The Balaban J connectivity index is 0.00000363. The Kier molecular flexibility index (Phi) is 11.1. The first-order chi connectivity index (χ1) is 14.9. The van der Waals surface area contributed by atoms with E-state index in [0.29, 0.717) is 5.92 Å². The van der Waals surface area contributed by atoms with Crippen molar-refractivity contribution in [2.45, 2.75) is 77.9 Å². The van der Waals surface area contributed by atoms with Crippen LogP contribution in [0.5, 0.6) is 0 Å². The van der Waals surface area contributed by atoms with Crippen LogP contribution in [0.1, 0.15) is 66.2 Å². The van der Waals surface area contributed by atoms with Crippen molar-refractivity contribution < 1.29 is 14.3 Å². The van der Waals surface area contributed by atoms with Gasteiger partial charge in [0.25, 0.3) is 0 Å². The molecule has 32 heavy (non-hydrogen) atoms. The number of guanidine groups is 1. The van der Waals surface area contributed by atoms with Crippen LogP contribution in [0.4, 0.5) is 4.79 Å². The van der Waals surface area contributed by atoms with E-state index in [1.54, 1.807) is 0 Å². The van der Waals surface area contributed by atoms with Gasteiger partial charge in [0.2, 0.25) is 0 Å². The highest BCUT2D eigenvalue weighted by Gasteiger charge is 2.35. The summed E-state index contributed by atoms with van der Waals surface area (Å²) in [6.07, 6.45) is 8.46. The molecule has 1 aliphatic carbocycles. The second-order valence-electron chi connectivity index (χ2n) is 9.97. The number of halogens is 1. The zero-order valence-corrected chi connectivity index (χ0v) is 22.7. The number of ether oxygens (including phenoxy) is 2. The van der Waals surface area contributed by atoms with Gasteiger partial charge in [-0.25, -0.2) is 4.79 Å². The lowest BCUT2D eigenvalue weighted by atomic mass is 10.0. The highest BCUT2D eigenvalue weighted by molar-refractivity contribution is 14.0. The molecule has 2 heterocycles. The molecular formula is C24H43IN4O3. The van der Waals surface area contributed by atoms with Crippen molar-refractivity contribution in [2.75, 3.05) is 45.9 Å². The van der Waals surface area contributed by atoms with Crippen LogP contribution < -0.4 is 5.32 Å². The second kappa shape index (κ2) is 13.0. The number of aliphatic imine (C=N–C) groups is 1. The van der Waals surface area contributed by atoms with E-state index in [1.807, 2.05) is 25.7 Å². The Bertz CT molecular complexity index is 650. The third-order valence-corrected chi connectivity index (χ3v) is 6.07. The predicted octanol–water partition coefficient (Wildman–Crippen LogP) is 4.42. The molecule has 0 aromatic heterocycles. The maximum atomic E-state index is 12.9. The molecule has 1 saturated heterocycles. The lowest BCUT2D eigenvalue weighted by Gasteiger charge is -2.40. The molecule has 0 bridgehead atoms. The second-order valence-corrected chi connectivity index (χ2v) is 9.97. The highest BCUT2D eigenvalue weighted by Crippen LogP contribution is 2.32. The summed E-state index contributed by atoms with van der Waals surface area (Å²) in [6.45, 7) is 13.8. The summed E-state index contributed by atoms with van der Waals surface area (Å²) < 4.78 is 11.1. The minimum absolute atomic E-state index is 0. The van der Waals surface area contributed by atoms with Gasteiger partial charge in [0.15, 0.2) is 5.96 Å². The van der Waals surface area contributed by atoms with Crippen LogP contribution in [0, 0.1) is 5.92 Å². The van der Waals surface area contributed by atoms with Gasteiger partial charge in [-0.05, 0) is 72.1 Å². The van der Waals surface area contributed by atoms with Crippen LogP contribution in [-0.4, -0.2) is 79.4 Å². The number of nitrogens with one attached hydrogen (secondary N) is 1. The zero-order chi connectivity index (χ0) is 22.3. The Morgan fingerprint density at radius 2 is 2.00 bits per heavy atom. The van der Waals surface area contributed by atoms with E-state index in [0.717, 1.165) is 77.6 Å². The average molecular weight is 563 g/mol. The molecule has 3 rings (SSSR count). The molecule has 2 aliphatic heterocycles. The van der Waals surface area contributed by atoms with Crippen molar-refractivity contribution in [1.82, 2.24) is 15.1 Å². The first-order valence-electron chi connectivity index (χ1n) is 12.1. The van der Waals surface area contributed by atoms with Crippen molar-refractivity contribution in [3.63, 3.8) is 0 Å². The van der Waals surface area contributed by atoms with Crippen LogP contribution in [0.2, 0.25) is 0 Å². The Hall–Kier alpha value is -1.03. The summed E-state index contributed by atoms with van der Waals surface area (Å²) in [5, 5.41) is 3.46. The number of carbonyl (C=O) groups excluding carboxylic acids is 1. The molecule has 0 unspecified atom stereocenters. The fraction of sp³-hybridized carbons (Fsp3) is 0.833. The van der Waals surface area contributed by atoms with Crippen molar-refractivity contribution >= 4 is 36.0 Å². The van der Waals surface area contributed by atoms with Crippen molar-refractivity contribution in [1.29, 1.82) is 0 Å². The standard InChI is InChI=1S/C24H42N4O3.HI/c1-5-25-22(26-13-8-19-11-16-30-17-12-19)27-14-9-21(10-15-27)28(18-20-6-7-20)23(29)31-24(2,3)4;/h11,20-21H,5-10,12-18H2,1-4H3,(H,25,26);1H. The van der Waals surface area contributed by atoms with E-state index in [-0.39, 0.29) is 36.1 Å². The first-order valence-corrected chi connectivity index (χ1v) is 12.1. The maximum Gasteiger partial charge on any atom is 0.410 e. The molecule has 1 amide bonds. The summed E-state index contributed by atoms with van der Waals surface area (Å²) in [5.74, 6) is 1.66. The van der Waals surface area contributed by atoms with Crippen molar-refractivity contribution in [3.8, 4) is 0 Å². The lowest BCUT2D eigenvalue weighted by molar-refractivity contribution is 0.00928. The number of amides is 1. The van der Waals surface area contributed by atoms with Crippen molar-refractivity contribution in [2.24, 2.45) is 10.9 Å². The molecule has 1 N–H and O–H groups in total. The quantitative estimate of drug-likeness (QED) is 0.216. The normalized spacial score (nSPS) is 20.3. The maximum absolute atomic E-state index is 12.9. The number of likely N-dealkylation sites (tertiary alicyclic amines) is 1. The van der Waals surface area contributed by atoms with E-state index in [4.69, 9.17) is 14.5 Å². The van der Waals surface area contributed by atoms with Gasteiger partial charge < -0.3 is 24.6 Å². The molecule has 8 heteroatoms. The van der Waals surface area contributed by atoms with Crippen LogP contribution in [-0.2, 0) is 9.47 Å². The van der Waals surface area contributed by atoms with Crippen LogP contribution in [0.3, 0.4) is 0 Å². The number of hydrogen-bond donors (Lipinski definition) is 1. The SMILES string of the molecule is CCNC(=NCCC1=CCOCC1)N1CCC(N(CC2CC2)C(=O)OC(C)(C)C)CC1.I. The van der Waals surface area contributed by atoms with Gasteiger partial charge in [0.1, 0.15) is 5.60 Å². The largest absolute Gasteiger partial charge is 0.444 e. The van der Waals surface area contributed by atoms with E-state index >= 15 is 0 Å². The number of rotatable bonds is 7. The third-order valence-electron chi connectivity index (χ3n) is 6.07. The highest BCUT2D eigenvalue weighted by atomic mass is 127. The number of hydrogen-bond acceptors (Lipinski definition) is 4. The van der Waals surface area contributed by atoms with Gasteiger partial charge in [-0.1, -0.05) is 11.6 Å². The van der Waals surface area contributed by atoms with Gasteiger partial charge >= 0.3 is 6.09 Å². The Labute approximate surface area is 211 Å². The van der Waals surface area contributed by atoms with Gasteiger partial charge in [-0.3, -0.25) is 4.99 Å². The van der Waals surface area contributed by atoms with Gasteiger partial charge in [0.05, 0.1) is 13.2 Å². The minimum atomic E-state index is -0.454.